The van der Waals surface area contributed by atoms with Crippen molar-refractivity contribution in [2.45, 2.75) is 6.61 Å². The zero-order chi connectivity index (χ0) is 25.7. The van der Waals surface area contributed by atoms with E-state index < -0.39 is 5.97 Å². The highest BCUT2D eigenvalue weighted by Crippen LogP contribution is 2.35. The maximum Gasteiger partial charge on any atom is 0.331 e. The summed E-state index contributed by atoms with van der Waals surface area (Å²) in [5, 5.41) is 12.8. The van der Waals surface area contributed by atoms with Crippen LogP contribution in [0.5, 0.6) is 11.5 Å². The summed E-state index contributed by atoms with van der Waals surface area (Å²) in [5.74, 6) is 1.38. The lowest BCUT2D eigenvalue weighted by Gasteiger charge is -2.18. The minimum absolute atomic E-state index is 0.138. The van der Waals surface area contributed by atoms with E-state index in [1.807, 2.05) is 85.1 Å². The van der Waals surface area contributed by atoms with E-state index in [-0.39, 0.29) is 12.5 Å². The highest BCUT2D eigenvalue weighted by atomic mass is 16.6. The van der Waals surface area contributed by atoms with Crippen molar-refractivity contribution in [3.63, 3.8) is 0 Å². The van der Waals surface area contributed by atoms with Gasteiger partial charge in [-0.15, -0.1) is 10.2 Å². The number of hydrogen-bond acceptors (Lipinski definition) is 8. The lowest BCUT2D eigenvalue weighted by Crippen LogP contribution is -2.15. The molecular formula is C29H22N4O5. The van der Waals surface area contributed by atoms with E-state index in [1.165, 1.54) is 6.08 Å². The van der Waals surface area contributed by atoms with Crippen LogP contribution in [-0.2, 0) is 16.1 Å². The van der Waals surface area contributed by atoms with E-state index in [1.54, 1.807) is 10.8 Å². The van der Waals surface area contributed by atoms with E-state index in [9.17, 15) is 4.79 Å². The molecule has 0 atom stereocenters. The third-order valence-electron chi connectivity index (χ3n) is 5.80. The summed E-state index contributed by atoms with van der Waals surface area (Å²) in [6.45, 7) is 0.865. The summed E-state index contributed by atoms with van der Waals surface area (Å²) in [6.07, 6.45) is 4.88. The van der Waals surface area contributed by atoms with Gasteiger partial charge in [0.05, 0.1) is 5.69 Å². The van der Waals surface area contributed by atoms with Gasteiger partial charge in [0.15, 0.2) is 18.1 Å². The van der Waals surface area contributed by atoms with Gasteiger partial charge in [0.25, 0.3) is 5.89 Å². The Labute approximate surface area is 217 Å². The molecule has 0 unspecified atom stereocenters. The number of hydrogen-bond donors (Lipinski definition) is 0. The van der Waals surface area contributed by atoms with E-state index in [2.05, 4.69) is 10.2 Å². The first-order valence-corrected chi connectivity index (χ1v) is 12.0. The highest BCUT2D eigenvalue weighted by molar-refractivity contribution is 5.88. The minimum Gasteiger partial charge on any atom is -0.486 e. The van der Waals surface area contributed by atoms with Crippen molar-refractivity contribution in [2.75, 3.05) is 13.2 Å². The van der Waals surface area contributed by atoms with E-state index in [0.717, 1.165) is 22.4 Å². The monoisotopic (exact) mass is 506 g/mol. The van der Waals surface area contributed by atoms with Crippen molar-refractivity contribution in [1.82, 2.24) is 20.0 Å². The minimum atomic E-state index is -0.551. The summed E-state index contributed by atoms with van der Waals surface area (Å²) in [4.78, 5) is 12.5. The van der Waals surface area contributed by atoms with Gasteiger partial charge in [-0.3, -0.25) is 0 Å². The second-order valence-electron chi connectivity index (χ2n) is 8.38. The largest absolute Gasteiger partial charge is 0.486 e. The number of carbonyl (C=O) groups excluding carboxylic acids is 1. The maximum absolute atomic E-state index is 12.5. The summed E-state index contributed by atoms with van der Waals surface area (Å²) in [7, 11) is 0. The van der Waals surface area contributed by atoms with Crippen LogP contribution in [0.2, 0.25) is 0 Å². The molecule has 9 heteroatoms. The molecule has 0 aliphatic carbocycles. The topological polar surface area (TPSA) is 102 Å². The molecule has 0 N–H and O–H groups in total. The summed E-state index contributed by atoms with van der Waals surface area (Å²) >= 11 is 0. The Morgan fingerprint density at radius 3 is 2.47 bits per heavy atom. The molecule has 1 aliphatic rings. The Balaban J connectivity index is 1.21. The molecule has 0 fully saturated rings. The summed E-state index contributed by atoms with van der Waals surface area (Å²) in [6, 6.07) is 24.8. The third kappa shape index (κ3) is 5.03. The fraction of sp³-hybridized carbons (Fsp3) is 0.103. The average Bonchev–Trinajstić information content (AvgIpc) is 3.63. The number of esters is 1. The molecule has 3 aromatic carbocycles. The first-order chi connectivity index (χ1) is 18.7. The molecule has 9 nitrogen and oxygen atoms in total. The predicted molar refractivity (Wildman–Crippen MR) is 139 cm³/mol. The predicted octanol–water partition coefficient (Wildman–Crippen LogP) is 5.12. The molecule has 2 aromatic heterocycles. The fourth-order valence-electron chi connectivity index (χ4n) is 3.99. The standard InChI is InChI=1S/C29H22N4O5/c34-27(37-19-26-30-31-29(38-26)20-7-3-1-4-8-20)14-12-22-18-33(23-9-5-2-6-10-23)32-28(22)21-11-13-24-25(17-21)36-16-15-35-24/h1-14,17-18H,15-16,19H2. The Morgan fingerprint density at radius 2 is 1.66 bits per heavy atom. The number of aromatic nitrogens is 4. The maximum atomic E-state index is 12.5. The number of fused-ring (bicyclic) bond motifs is 1. The van der Waals surface area contributed by atoms with Gasteiger partial charge in [-0.05, 0) is 48.5 Å². The molecule has 0 saturated heterocycles. The van der Waals surface area contributed by atoms with Crippen LogP contribution in [0.1, 0.15) is 11.5 Å². The zero-order valence-corrected chi connectivity index (χ0v) is 20.2. The van der Waals surface area contributed by atoms with Gasteiger partial charge in [-0.1, -0.05) is 36.4 Å². The van der Waals surface area contributed by atoms with Crippen molar-refractivity contribution < 1.29 is 23.4 Å². The quantitative estimate of drug-likeness (QED) is 0.222. The number of para-hydroxylation sites is 1. The van der Waals surface area contributed by atoms with E-state index in [0.29, 0.717) is 36.3 Å². The van der Waals surface area contributed by atoms with Gasteiger partial charge in [0, 0.05) is 29.0 Å². The lowest BCUT2D eigenvalue weighted by atomic mass is 10.1. The second-order valence-corrected chi connectivity index (χ2v) is 8.38. The van der Waals surface area contributed by atoms with Crippen molar-refractivity contribution in [3.05, 3.63) is 103 Å². The SMILES string of the molecule is O=C(C=Cc1cn(-c2ccccc2)nc1-c1ccc2c(c1)OCCO2)OCc1nnc(-c2ccccc2)o1. The van der Waals surface area contributed by atoms with Crippen LogP contribution in [0.15, 0.2) is 95.6 Å². The van der Waals surface area contributed by atoms with Crippen molar-refractivity contribution in [2.24, 2.45) is 0 Å². The normalized spacial score (nSPS) is 12.5. The molecule has 5 aromatic rings. The van der Waals surface area contributed by atoms with Crippen LogP contribution in [0.3, 0.4) is 0 Å². The van der Waals surface area contributed by atoms with Gasteiger partial charge in [0.2, 0.25) is 5.89 Å². The molecule has 0 spiro atoms. The van der Waals surface area contributed by atoms with Gasteiger partial charge in [-0.2, -0.15) is 5.10 Å². The van der Waals surface area contributed by atoms with E-state index in [4.69, 9.17) is 23.7 Å². The second kappa shape index (κ2) is 10.4. The fourth-order valence-corrected chi connectivity index (χ4v) is 3.99. The van der Waals surface area contributed by atoms with Crippen molar-refractivity contribution >= 4 is 12.0 Å². The first-order valence-electron chi connectivity index (χ1n) is 12.0. The molecular weight excluding hydrogens is 484 g/mol. The third-order valence-corrected chi connectivity index (χ3v) is 5.80. The zero-order valence-electron chi connectivity index (χ0n) is 20.2. The van der Waals surface area contributed by atoms with Gasteiger partial charge in [-0.25, -0.2) is 9.48 Å². The van der Waals surface area contributed by atoms with Crippen LogP contribution in [0.25, 0.3) is 34.5 Å². The molecule has 1 aliphatic heterocycles. The summed E-state index contributed by atoms with van der Waals surface area (Å²) < 4.78 is 24.1. The van der Waals surface area contributed by atoms with Crippen LogP contribution in [0, 0.1) is 0 Å². The van der Waals surface area contributed by atoms with Crippen LogP contribution in [-0.4, -0.2) is 39.2 Å². The molecule has 0 amide bonds. The Morgan fingerprint density at radius 1 is 0.895 bits per heavy atom. The molecule has 0 bridgehead atoms. The number of benzene rings is 3. The number of carbonyl (C=O) groups is 1. The van der Waals surface area contributed by atoms with Gasteiger partial charge >= 0.3 is 5.97 Å². The lowest BCUT2D eigenvalue weighted by molar-refractivity contribution is -0.139. The molecule has 3 heterocycles. The highest BCUT2D eigenvalue weighted by Gasteiger charge is 2.17. The number of rotatable bonds is 7. The molecule has 0 saturated carbocycles. The molecule has 188 valence electrons. The smallest absolute Gasteiger partial charge is 0.331 e. The van der Waals surface area contributed by atoms with Gasteiger partial charge < -0.3 is 18.6 Å². The van der Waals surface area contributed by atoms with E-state index >= 15 is 0 Å². The number of ether oxygens (including phenoxy) is 3. The van der Waals surface area contributed by atoms with Crippen LogP contribution >= 0.6 is 0 Å². The Kier molecular flexibility index (Phi) is 6.38. The van der Waals surface area contributed by atoms with Crippen LogP contribution in [0.4, 0.5) is 0 Å². The summed E-state index contributed by atoms with van der Waals surface area (Å²) in [5.41, 5.74) is 3.92. The molecule has 0 radical (unpaired) electrons. The van der Waals surface area contributed by atoms with Gasteiger partial charge in [0.1, 0.15) is 18.9 Å². The number of nitrogens with zero attached hydrogens (tertiary/aromatic N) is 4. The Bertz CT molecular complexity index is 1590. The first kappa shape index (κ1) is 23.2. The Hall–Kier alpha value is -5.18. The molecule has 38 heavy (non-hydrogen) atoms. The molecule has 6 rings (SSSR count). The van der Waals surface area contributed by atoms with Crippen LogP contribution < -0.4 is 9.47 Å². The average molecular weight is 507 g/mol. The van der Waals surface area contributed by atoms with Crippen molar-refractivity contribution in [1.29, 1.82) is 0 Å². The van der Waals surface area contributed by atoms with Crippen molar-refractivity contribution in [3.8, 4) is 39.9 Å².